The average Bonchev–Trinajstić information content (AvgIpc) is 2.38. The number of aliphatic hydroxyl groups is 1. The molecule has 1 N–H and O–H groups in total. The highest BCUT2D eigenvalue weighted by atomic mass is 16.3. The summed E-state index contributed by atoms with van der Waals surface area (Å²) in [6.45, 7) is 10.7. The van der Waals surface area contributed by atoms with E-state index in [1.54, 1.807) is 0 Å². The summed E-state index contributed by atoms with van der Waals surface area (Å²) >= 11 is 0. The standard InChI is InChI=1S/C20H34O/c1-16(2)8-6-9-17(3)10-7-15-20(5,21)19-13-11-18(4)12-14-19/h8,10-11,19,21H,6-7,9,12-15H2,1-5H3/b17-10+/t19-,20+/m0/s1. The molecule has 0 bridgehead atoms. The molecule has 0 aromatic rings. The number of hydrogen-bond acceptors (Lipinski definition) is 1. The molecular weight excluding hydrogens is 256 g/mol. The summed E-state index contributed by atoms with van der Waals surface area (Å²) in [6, 6.07) is 0. The summed E-state index contributed by atoms with van der Waals surface area (Å²) in [5.41, 5.74) is 3.81. The Labute approximate surface area is 131 Å². The van der Waals surface area contributed by atoms with Gasteiger partial charge in [0.15, 0.2) is 0 Å². The molecule has 0 aromatic carbocycles. The minimum absolute atomic E-state index is 0.431. The summed E-state index contributed by atoms with van der Waals surface area (Å²) in [6.07, 6.45) is 14.4. The quantitative estimate of drug-likeness (QED) is 0.574. The van der Waals surface area contributed by atoms with Gasteiger partial charge in [0.25, 0.3) is 0 Å². The van der Waals surface area contributed by atoms with Gasteiger partial charge in [-0.05, 0) is 85.5 Å². The first-order chi connectivity index (χ1) is 9.81. The lowest BCUT2D eigenvalue weighted by Gasteiger charge is -2.34. The second-order valence-corrected chi connectivity index (χ2v) is 7.29. The van der Waals surface area contributed by atoms with Crippen molar-refractivity contribution in [2.45, 2.75) is 85.2 Å². The molecule has 1 aliphatic carbocycles. The molecule has 0 saturated carbocycles. The number of rotatable bonds is 7. The van der Waals surface area contributed by atoms with Gasteiger partial charge in [-0.1, -0.05) is 34.9 Å². The maximum atomic E-state index is 10.7. The smallest absolute Gasteiger partial charge is 0.0653 e. The van der Waals surface area contributed by atoms with Crippen molar-refractivity contribution in [1.82, 2.24) is 0 Å². The summed E-state index contributed by atoms with van der Waals surface area (Å²) in [5, 5.41) is 10.7. The normalized spacial score (nSPS) is 22.5. The monoisotopic (exact) mass is 290 g/mol. The highest BCUT2D eigenvalue weighted by Gasteiger charge is 2.31. The Hall–Kier alpha value is -0.820. The Kier molecular flexibility index (Phi) is 7.45. The van der Waals surface area contributed by atoms with E-state index in [0.29, 0.717) is 5.92 Å². The van der Waals surface area contributed by atoms with Crippen LogP contribution in [0.15, 0.2) is 34.9 Å². The van der Waals surface area contributed by atoms with E-state index >= 15 is 0 Å². The fraction of sp³-hybridized carbons (Fsp3) is 0.700. The van der Waals surface area contributed by atoms with Crippen LogP contribution < -0.4 is 0 Å². The lowest BCUT2D eigenvalue weighted by Crippen LogP contribution is -2.35. The fourth-order valence-corrected chi connectivity index (χ4v) is 3.04. The number of hydrogen-bond donors (Lipinski definition) is 1. The zero-order valence-electron chi connectivity index (χ0n) is 14.7. The lowest BCUT2D eigenvalue weighted by molar-refractivity contribution is -0.0122. The van der Waals surface area contributed by atoms with E-state index in [9.17, 15) is 5.11 Å². The van der Waals surface area contributed by atoms with Crippen molar-refractivity contribution in [2.24, 2.45) is 5.92 Å². The molecule has 2 atom stereocenters. The Balaban J connectivity index is 2.37. The van der Waals surface area contributed by atoms with E-state index in [0.717, 1.165) is 44.9 Å². The molecule has 0 heterocycles. The van der Waals surface area contributed by atoms with Gasteiger partial charge in [-0.2, -0.15) is 0 Å². The van der Waals surface area contributed by atoms with E-state index in [1.807, 2.05) is 6.92 Å². The Morgan fingerprint density at radius 3 is 2.57 bits per heavy atom. The van der Waals surface area contributed by atoms with Gasteiger partial charge in [0, 0.05) is 0 Å². The van der Waals surface area contributed by atoms with Crippen LogP contribution >= 0.6 is 0 Å². The summed E-state index contributed by atoms with van der Waals surface area (Å²) in [7, 11) is 0. The fourth-order valence-electron chi connectivity index (χ4n) is 3.04. The second-order valence-electron chi connectivity index (χ2n) is 7.29. The maximum Gasteiger partial charge on any atom is 0.0653 e. The van der Waals surface area contributed by atoms with Crippen molar-refractivity contribution in [2.75, 3.05) is 0 Å². The molecule has 0 fully saturated rings. The highest BCUT2D eigenvalue weighted by Crippen LogP contribution is 2.34. The first kappa shape index (κ1) is 18.2. The Bertz CT molecular complexity index is 406. The van der Waals surface area contributed by atoms with Crippen molar-refractivity contribution in [3.05, 3.63) is 34.9 Å². The molecule has 1 heteroatoms. The molecule has 0 saturated heterocycles. The van der Waals surface area contributed by atoms with Gasteiger partial charge >= 0.3 is 0 Å². The van der Waals surface area contributed by atoms with Gasteiger partial charge in [0.1, 0.15) is 0 Å². The van der Waals surface area contributed by atoms with Gasteiger partial charge in [0.2, 0.25) is 0 Å². The van der Waals surface area contributed by atoms with Crippen LogP contribution in [0.25, 0.3) is 0 Å². The highest BCUT2D eigenvalue weighted by molar-refractivity contribution is 5.07. The Morgan fingerprint density at radius 2 is 2.00 bits per heavy atom. The molecule has 1 aliphatic rings. The van der Waals surface area contributed by atoms with E-state index in [-0.39, 0.29) is 0 Å². The molecule has 21 heavy (non-hydrogen) atoms. The van der Waals surface area contributed by atoms with Crippen molar-refractivity contribution in [3.8, 4) is 0 Å². The summed E-state index contributed by atoms with van der Waals surface area (Å²) in [5.74, 6) is 0.431. The van der Waals surface area contributed by atoms with Crippen LogP contribution in [-0.2, 0) is 0 Å². The molecule has 1 rings (SSSR count). The van der Waals surface area contributed by atoms with Crippen LogP contribution in [0.5, 0.6) is 0 Å². The minimum Gasteiger partial charge on any atom is -0.390 e. The van der Waals surface area contributed by atoms with Gasteiger partial charge in [0.05, 0.1) is 5.60 Å². The third kappa shape index (κ3) is 7.13. The van der Waals surface area contributed by atoms with Crippen molar-refractivity contribution in [3.63, 3.8) is 0 Å². The van der Waals surface area contributed by atoms with Gasteiger partial charge in [-0.15, -0.1) is 0 Å². The molecule has 0 aromatic heterocycles. The van der Waals surface area contributed by atoms with Crippen LogP contribution in [0.3, 0.4) is 0 Å². The van der Waals surface area contributed by atoms with Crippen LogP contribution in [0.1, 0.15) is 79.6 Å². The van der Waals surface area contributed by atoms with Crippen molar-refractivity contribution >= 4 is 0 Å². The summed E-state index contributed by atoms with van der Waals surface area (Å²) in [4.78, 5) is 0. The number of allylic oxidation sites excluding steroid dienone is 6. The molecule has 0 radical (unpaired) electrons. The predicted molar refractivity (Wildman–Crippen MR) is 93.4 cm³/mol. The van der Waals surface area contributed by atoms with Crippen molar-refractivity contribution in [1.29, 1.82) is 0 Å². The van der Waals surface area contributed by atoms with E-state index in [2.05, 4.69) is 45.9 Å². The first-order valence-corrected chi connectivity index (χ1v) is 8.48. The topological polar surface area (TPSA) is 20.2 Å². The molecule has 1 nitrogen and oxygen atoms in total. The van der Waals surface area contributed by atoms with Gasteiger partial charge in [-0.25, -0.2) is 0 Å². The zero-order chi connectivity index (χ0) is 15.9. The van der Waals surface area contributed by atoms with Crippen LogP contribution in [-0.4, -0.2) is 10.7 Å². The molecule has 0 unspecified atom stereocenters. The van der Waals surface area contributed by atoms with E-state index in [4.69, 9.17) is 0 Å². The molecular formula is C20H34O. The van der Waals surface area contributed by atoms with E-state index < -0.39 is 5.60 Å². The predicted octanol–water partition coefficient (Wildman–Crippen LogP) is 5.96. The van der Waals surface area contributed by atoms with Crippen LogP contribution in [0, 0.1) is 5.92 Å². The largest absolute Gasteiger partial charge is 0.390 e. The van der Waals surface area contributed by atoms with E-state index in [1.165, 1.54) is 16.7 Å². The van der Waals surface area contributed by atoms with Crippen molar-refractivity contribution < 1.29 is 5.11 Å². The zero-order valence-corrected chi connectivity index (χ0v) is 14.7. The first-order valence-electron chi connectivity index (χ1n) is 8.48. The molecule has 0 spiro atoms. The van der Waals surface area contributed by atoms with Crippen LogP contribution in [0.2, 0.25) is 0 Å². The average molecular weight is 290 g/mol. The minimum atomic E-state index is -0.520. The third-order valence-electron chi connectivity index (χ3n) is 4.75. The van der Waals surface area contributed by atoms with Crippen LogP contribution in [0.4, 0.5) is 0 Å². The lowest BCUT2D eigenvalue weighted by atomic mass is 9.76. The molecule has 120 valence electrons. The summed E-state index contributed by atoms with van der Waals surface area (Å²) < 4.78 is 0. The second kappa shape index (κ2) is 8.58. The Morgan fingerprint density at radius 1 is 1.29 bits per heavy atom. The molecule has 0 amide bonds. The van der Waals surface area contributed by atoms with Gasteiger partial charge in [-0.3, -0.25) is 0 Å². The SMILES string of the molecule is CC(C)=CCC/C(C)=C/CC[C@@](C)(O)[C@H]1CC=C(C)CC1. The maximum absolute atomic E-state index is 10.7. The third-order valence-corrected chi connectivity index (χ3v) is 4.75. The molecule has 0 aliphatic heterocycles. The van der Waals surface area contributed by atoms with Gasteiger partial charge < -0.3 is 5.11 Å².